The Bertz CT molecular complexity index is 312. The van der Waals surface area contributed by atoms with Crippen molar-refractivity contribution in [2.24, 2.45) is 11.1 Å². The predicted molar refractivity (Wildman–Crippen MR) is 66.0 cm³/mol. The van der Waals surface area contributed by atoms with Gasteiger partial charge in [0, 0.05) is 11.9 Å². The van der Waals surface area contributed by atoms with Gasteiger partial charge in [-0.1, -0.05) is 13.8 Å². The SMILES string of the molecule is CCC(CC)(CN)C(=O)NCc1cscn1. The molecule has 0 aliphatic rings. The summed E-state index contributed by atoms with van der Waals surface area (Å²) in [5.41, 5.74) is 7.94. The number of nitrogens with two attached hydrogens (primary N) is 1. The summed E-state index contributed by atoms with van der Waals surface area (Å²) < 4.78 is 0. The predicted octanol–water partition coefficient (Wildman–Crippen LogP) is 1.52. The average Bonchev–Trinajstić information content (AvgIpc) is 2.82. The number of hydrogen-bond acceptors (Lipinski definition) is 4. The molecule has 1 aromatic heterocycles. The van der Waals surface area contributed by atoms with Gasteiger partial charge in [0.15, 0.2) is 0 Å². The van der Waals surface area contributed by atoms with Crippen molar-refractivity contribution in [1.29, 1.82) is 0 Å². The van der Waals surface area contributed by atoms with E-state index < -0.39 is 5.41 Å². The monoisotopic (exact) mass is 241 g/mol. The van der Waals surface area contributed by atoms with Crippen LogP contribution in [0.3, 0.4) is 0 Å². The van der Waals surface area contributed by atoms with Gasteiger partial charge < -0.3 is 11.1 Å². The lowest BCUT2D eigenvalue weighted by Gasteiger charge is -2.28. The molecule has 0 atom stereocenters. The van der Waals surface area contributed by atoms with Crippen LogP contribution in [0.25, 0.3) is 0 Å². The second-order valence-electron chi connectivity index (χ2n) is 3.85. The van der Waals surface area contributed by atoms with Gasteiger partial charge in [-0.3, -0.25) is 4.79 Å². The summed E-state index contributed by atoms with van der Waals surface area (Å²) >= 11 is 1.53. The Morgan fingerprint density at radius 1 is 1.56 bits per heavy atom. The topological polar surface area (TPSA) is 68.0 Å². The molecule has 0 bridgehead atoms. The third-order valence-electron chi connectivity index (χ3n) is 3.14. The van der Waals surface area contributed by atoms with Crippen LogP contribution in [0, 0.1) is 5.41 Å². The van der Waals surface area contributed by atoms with Crippen LogP contribution in [0.5, 0.6) is 0 Å². The molecule has 16 heavy (non-hydrogen) atoms. The number of carbonyl (C=O) groups excluding carboxylic acids is 1. The first-order valence-corrected chi connectivity index (χ1v) is 6.48. The molecule has 1 aromatic rings. The number of amides is 1. The van der Waals surface area contributed by atoms with Crippen LogP contribution >= 0.6 is 11.3 Å². The molecular weight excluding hydrogens is 222 g/mol. The van der Waals surface area contributed by atoms with Crippen molar-refractivity contribution in [2.45, 2.75) is 33.2 Å². The highest BCUT2D eigenvalue weighted by Crippen LogP contribution is 2.25. The Labute approximate surface area is 100 Å². The fourth-order valence-electron chi connectivity index (χ4n) is 1.64. The highest BCUT2D eigenvalue weighted by molar-refractivity contribution is 7.07. The maximum absolute atomic E-state index is 12.0. The molecule has 0 saturated carbocycles. The van der Waals surface area contributed by atoms with E-state index in [4.69, 9.17) is 5.73 Å². The van der Waals surface area contributed by atoms with Crippen molar-refractivity contribution in [3.8, 4) is 0 Å². The van der Waals surface area contributed by atoms with Crippen LogP contribution in [-0.4, -0.2) is 17.4 Å². The van der Waals surface area contributed by atoms with E-state index >= 15 is 0 Å². The van der Waals surface area contributed by atoms with Gasteiger partial charge in [0.05, 0.1) is 23.2 Å². The smallest absolute Gasteiger partial charge is 0.227 e. The van der Waals surface area contributed by atoms with Gasteiger partial charge in [-0.15, -0.1) is 11.3 Å². The molecule has 4 nitrogen and oxygen atoms in total. The molecule has 0 saturated heterocycles. The maximum atomic E-state index is 12.0. The van der Waals surface area contributed by atoms with Crippen LogP contribution in [0.1, 0.15) is 32.4 Å². The second kappa shape index (κ2) is 5.96. The number of rotatable bonds is 6. The number of aromatic nitrogens is 1. The van der Waals surface area contributed by atoms with Crippen LogP contribution in [-0.2, 0) is 11.3 Å². The van der Waals surface area contributed by atoms with Crippen molar-refractivity contribution in [1.82, 2.24) is 10.3 Å². The van der Waals surface area contributed by atoms with Gasteiger partial charge in [0.2, 0.25) is 5.91 Å². The highest BCUT2D eigenvalue weighted by Gasteiger charge is 2.32. The zero-order valence-corrected chi connectivity index (χ0v) is 10.6. The van der Waals surface area contributed by atoms with Crippen LogP contribution < -0.4 is 11.1 Å². The molecule has 0 radical (unpaired) electrons. The number of hydrogen-bond donors (Lipinski definition) is 2. The second-order valence-corrected chi connectivity index (χ2v) is 4.57. The molecule has 1 rings (SSSR count). The summed E-state index contributed by atoms with van der Waals surface area (Å²) in [7, 11) is 0. The number of nitrogens with zero attached hydrogens (tertiary/aromatic N) is 1. The Hall–Kier alpha value is -0.940. The summed E-state index contributed by atoms with van der Waals surface area (Å²) in [4.78, 5) is 16.2. The quantitative estimate of drug-likeness (QED) is 0.793. The third-order valence-corrected chi connectivity index (χ3v) is 3.77. The minimum absolute atomic E-state index is 0.0352. The van der Waals surface area contributed by atoms with Gasteiger partial charge >= 0.3 is 0 Å². The zero-order valence-electron chi connectivity index (χ0n) is 9.82. The molecule has 0 fully saturated rings. The molecular formula is C11H19N3OS. The van der Waals surface area contributed by atoms with E-state index in [0.717, 1.165) is 18.5 Å². The van der Waals surface area contributed by atoms with Crippen molar-refractivity contribution < 1.29 is 4.79 Å². The highest BCUT2D eigenvalue weighted by atomic mass is 32.1. The van der Waals surface area contributed by atoms with Crippen LogP contribution in [0.2, 0.25) is 0 Å². The van der Waals surface area contributed by atoms with E-state index in [1.807, 2.05) is 19.2 Å². The third kappa shape index (κ3) is 2.80. The number of thiazole rings is 1. The molecule has 0 aromatic carbocycles. The summed E-state index contributed by atoms with van der Waals surface area (Å²) in [6, 6.07) is 0. The average molecular weight is 241 g/mol. The van der Waals surface area contributed by atoms with E-state index in [1.54, 1.807) is 5.51 Å². The number of carbonyl (C=O) groups is 1. The molecule has 5 heteroatoms. The molecule has 3 N–H and O–H groups in total. The van der Waals surface area contributed by atoms with E-state index in [0.29, 0.717) is 13.1 Å². The minimum Gasteiger partial charge on any atom is -0.350 e. The Morgan fingerprint density at radius 3 is 2.69 bits per heavy atom. The normalized spacial score (nSPS) is 11.4. The molecule has 0 aliphatic heterocycles. The lowest BCUT2D eigenvalue weighted by Crippen LogP contribution is -2.45. The molecule has 1 amide bonds. The molecule has 0 unspecified atom stereocenters. The molecule has 1 heterocycles. The molecule has 90 valence electrons. The van der Waals surface area contributed by atoms with Crippen LogP contribution in [0.15, 0.2) is 10.9 Å². The lowest BCUT2D eigenvalue weighted by atomic mass is 9.81. The summed E-state index contributed by atoms with van der Waals surface area (Å²) in [6.45, 7) is 4.88. The minimum atomic E-state index is -0.421. The van der Waals surface area contributed by atoms with Gasteiger partial charge in [0.1, 0.15) is 0 Å². The first-order chi connectivity index (χ1) is 7.68. The van der Waals surface area contributed by atoms with Gasteiger partial charge in [-0.25, -0.2) is 4.98 Å². The first kappa shape index (κ1) is 13.1. The van der Waals surface area contributed by atoms with E-state index in [-0.39, 0.29) is 5.91 Å². The van der Waals surface area contributed by atoms with Gasteiger partial charge in [-0.05, 0) is 12.8 Å². The largest absolute Gasteiger partial charge is 0.350 e. The summed E-state index contributed by atoms with van der Waals surface area (Å²) in [6.07, 6.45) is 1.53. The Kier molecular flexibility index (Phi) is 4.89. The fraction of sp³-hybridized carbons (Fsp3) is 0.636. The Balaban J connectivity index is 2.56. The lowest BCUT2D eigenvalue weighted by molar-refractivity contribution is -0.131. The Morgan fingerprint density at radius 2 is 2.25 bits per heavy atom. The molecule has 0 aliphatic carbocycles. The van der Waals surface area contributed by atoms with Gasteiger partial charge in [-0.2, -0.15) is 0 Å². The van der Waals surface area contributed by atoms with E-state index in [2.05, 4.69) is 10.3 Å². The van der Waals surface area contributed by atoms with E-state index in [9.17, 15) is 4.79 Å². The van der Waals surface area contributed by atoms with Crippen molar-refractivity contribution in [3.05, 3.63) is 16.6 Å². The summed E-state index contributed by atoms with van der Waals surface area (Å²) in [5, 5.41) is 4.84. The maximum Gasteiger partial charge on any atom is 0.227 e. The van der Waals surface area contributed by atoms with E-state index in [1.165, 1.54) is 11.3 Å². The first-order valence-electron chi connectivity index (χ1n) is 5.54. The summed E-state index contributed by atoms with van der Waals surface area (Å²) in [5.74, 6) is 0.0352. The van der Waals surface area contributed by atoms with Crippen molar-refractivity contribution in [3.63, 3.8) is 0 Å². The number of nitrogens with one attached hydrogen (secondary N) is 1. The fourth-order valence-corrected chi connectivity index (χ4v) is 2.19. The van der Waals surface area contributed by atoms with Crippen molar-refractivity contribution in [2.75, 3.05) is 6.54 Å². The van der Waals surface area contributed by atoms with Crippen LogP contribution in [0.4, 0.5) is 0 Å². The van der Waals surface area contributed by atoms with Crippen molar-refractivity contribution >= 4 is 17.2 Å². The van der Waals surface area contributed by atoms with Gasteiger partial charge in [0.25, 0.3) is 0 Å². The standard InChI is InChI=1S/C11H19N3OS/c1-3-11(4-2,7-12)10(15)13-5-9-6-16-8-14-9/h6,8H,3-5,7,12H2,1-2H3,(H,13,15). The molecule has 0 spiro atoms. The zero-order chi connectivity index (χ0) is 12.0.